The number of carbonyl (C=O) groups excluding carboxylic acids is 2. The quantitative estimate of drug-likeness (QED) is 0.422. The van der Waals surface area contributed by atoms with Gasteiger partial charge >= 0.3 is 11.9 Å². The number of methoxy groups -OCH3 is 1. The average Bonchev–Trinajstić information content (AvgIpc) is 3.12. The van der Waals surface area contributed by atoms with Gasteiger partial charge in [-0.15, -0.1) is 0 Å². The van der Waals surface area contributed by atoms with Crippen LogP contribution in [0.15, 0.2) is 11.6 Å². The molecular weight excluding hydrogens is 416 g/mol. The molecule has 3 fully saturated rings. The predicted octanol–water partition coefficient (Wildman–Crippen LogP) is 5.45. The van der Waals surface area contributed by atoms with Crippen molar-refractivity contribution in [2.24, 2.45) is 40.4 Å². The Labute approximate surface area is 199 Å². The number of aliphatic hydroxyl groups is 1. The molecule has 4 aliphatic carbocycles. The third kappa shape index (κ3) is 4.28. The van der Waals surface area contributed by atoms with Crippen LogP contribution in [0, 0.1) is 40.4 Å². The maximum Gasteiger partial charge on any atom is 0.305 e. The molecule has 0 saturated heterocycles. The topological polar surface area (TPSA) is 72.8 Å². The molecule has 0 bridgehead atoms. The van der Waals surface area contributed by atoms with Gasteiger partial charge in [-0.3, -0.25) is 9.59 Å². The largest absolute Gasteiger partial charge is 0.469 e. The average molecular weight is 461 g/mol. The van der Waals surface area contributed by atoms with Crippen molar-refractivity contribution in [3.05, 3.63) is 11.6 Å². The Morgan fingerprint density at radius 2 is 1.91 bits per heavy atom. The van der Waals surface area contributed by atoms with Crippen LogP contribution < -0.4 is 0 Å². The van der Waals surface area contributed by atoms with E-state index in [0.29, 0.717) is 29.6 Å². The monoisotopic (exact) mass is 460 g/mol. The van der Waals surface area contributed by atoms with Crippen molar-refractivity contribution in [3.8, 4) is 0 Å². The molecule has 33 heavy (non-hydrogen) atoms. The maximum absolute atomic E-state index is 11.5. The van der Waals surface area contributed by atoms with Crippen LogP contribution in [-0.2, 0) is 19.1 Å². The molecule has 0 heterocycles. The highest BCUT2D eigenvalue weighted by atomic mass is 16.6. The summed E-state index contributed by atoms with van der Waals surface area (Å²) in [6.07, 6.45) is 11.7. The fraction of sp³-hybridized carbons (Fsp3) is 0.857. The lowest BCUT2D eigenvalue weighted by Gasteiger charge is -2.59. The summed E-state index contributed by atoms with van der Waals surface area (Å²) in [7, 11) is 1.47. The number of hydrogen-bond acceptors (Lipinski definition) is 5. The van der Waals surface area contributed by atoms with Gasteiger partial charge in [0.05, 0.1) is 7.11 Å². The molecule has 3 saturated carbocycles. The second-order valence-electron chi connectivity index (χ2n) is 12.0. The first-order valence-electron chi connectivity index (χ1n) is 13.2. The number of aliphatic hydroxyl groups excluding tert-OH is 1. The van der Waals surface area contributed by atoms with Crippen LogP contribution in [0.3, 0.4) is 0 Å². The summed E-state index contributed by atoms with van der Waals surface area (Å²) >= 11 is 0. The summed E-state index contributed by atoms with van der Waals surface area (Å²) in [6.45, 7) is 8.75. The fourth-order valence-electron chi connectivity index (χ4n) is 8.89. The zero-order valence-electron chi connectivity index (χ0n) is 21.3. The highest BCUT2D eigenvalue weighted by molar-refractivity contribution is 5.69. The van der Waals surface area contributed by atoms with Gasteiger partial charge in [-0.25, -0.2) is 0 Å². The minimum absolute atomic E-state index is 0.0184. The van der Waals surface area contributed by atoms with Crippen molar-refractivity contribution in [1.82, 2.24) is 0 Å². The highest BCUT2D eigenvalue weighted by Gasteiger charge is 2.60. The number of fused-ring (bicyclic) bond motifs is 5. The predicted molar refractivity (Wildman–Crippen MR) is 127 cm³/mol. The first kappa shape index (κ1) is 24.8. The van der Waals surface area contributed by atoms with Gasteiger partial charge in [0, 0.05) is 13.3 Å². The smallest absolute Gasteiger partial charge is 0.305 e. The molecule has 4 rings (SSSR count). The van der Waals surface area contributed by atoms with Gasteiger partial charge in [-0.1, -0.05) is 26.8 Å². The number of carbonyl (C=O) groups is 2. The van der Waals surface area contributed by atoms with Crippen LogP contribution in [0.1, 0.15) is 91.9 Å². The molecule has 186 valence electrons. The summed E-state index contributed by atoms with van der Waals surface area (Å²) in [4.78, 5) is 23.0. The Balaban J connectivity index is 1.48. The Bertz CT molecular complexity index is 789. The molecule has 0 aromatic carbocycles. The van der Waals surface area contributed by atoms with E-state index in [0.717, 1.165) is 49.5 Å². The van der Waals surface area contributed by atoms with Crippen molar-refractivity contribution < 1.29 is 24.2 Å². The van der Waals surface area contributed by atoms with Crippen molar-refractivity contribution in [2.75, 3.05) is 7.11 Å². The number of allylic oxidation sites excluding steroid dienone is 1. The second-order valence-corrected chi connectivity index (χ2v) is 12.0. The van der Waals surface area contributed by atoms with Crippen molar-refractivity contribution >= 4 is 11.9 Å². The third-order valence-electron chi connectivity index (χ3n) is 10.5. The lowest BCUT2D eigenvalue weighted by atomic mass is 9.46. The SMILES string of the molecule is COC(=O)CCC[C@@H](C)[C@H]1CC[C@H]2[C@@H]3CC=C4[C@H](O)[C@@H](OC(C)=O)CC[C@]4(C)[C@H]3CC[C@]12C. The van der Waals surface area contributed by atoms with E-state index in [1.54, 1.807) is 0 Å². The molecule has 0 amide bonds. The highest BCUT2D eigenvalue weighted by Crippen LogP contribution is 2.67. The number of ether oxygens (including phenoxy) is 2. The lowest BCUT2D eigenvalue weighted by molar-refractivity contribution is -0.156. The number of esters is 2. The van der Waals surface area contributed by atoms with Gasteiger partial charge in [0.15, 0.2) is 0 Å². The Morgan fingerprint density at radius 1 is 1.15 bits per heavy atom. The molecule has 0 spiro atoms. The molecule has 5 heteroatoms. The summed E-state index contributed by atoms with van der Waals surface area (Å²) in [5.41, 5.74) is 1.53. The van der Waals surface area contributed by atoms with Gasteiger partial charge in [0.1, 0.15) is 12.2 Å². The van der Waals surface area contributed by atoms with E-state index >= 15 is 0 Å². The molecule has 0 aromatic rings. The second kappa shape index (κ2) is 9.36. The van der Waals surface area contributed by atoms with Crippen LogP contribution >= 0.6 is 0 Å². The molecule has 0 aliphatic heterocycles. The normalized spacial score (nSPS) is 42.9. The first-order valence-corrected chi connectivity index (χ1v) is 13.2. The van der Waals surface area contributed by atoms with E-state index in [9.17, 15) is 14.7 Å². The standard InChI is InChI=1S/C28H44O5/c1-17(7-6-8-25(30)32-5)20-11-12-21-19-9-10-23-26(31)24(33-18(2)29)14-16-28(23,4)22(19)13-15-27(20,21)3/h10,17,19-22,24,26,31H,6-9,11-16H2,1-5H3/t17-,19+,20-,21+,22+,24+,26+,27-,28-/m1/s1. The van der Waals surface area contributed by atoms with Crippen molar-refractivity contribution in [2.45, 2.75) is 104 Å². The lowest BCUT2D eigenvalue weighted by Crippen LogP contribution is -2.54. The molecule has 5 nitrogen and oxygen atoms in total. The third-order valence-corrected chi connectivity index (χ3v) is 10.5. The zero-order valence-corrected chi connectivity index (χ0v) is 21.3. The van der Waals surface area contributed by atoms with Gasteiger partial charge in [0.2, 0.25) is 0 Å². The molecule has 0 aromatic heterocycles. The van der Waals surface area contributed by atoms with Crippen LogP contribution in [0.25, 0.3) is 0 Å². The molecule has 4 aliphatic rings. The minimum Gasteiger partial charge on any atom is -0.469 e. The van der Waals surface area contributed by atoms with Crippen molar-refractivity contribution in [3.63, 3.8) is 0 Å². The van der Waals surface area contributed by atoms with E-state index < -0.39 is 12.2 Å². The van der Waals surface area contributed by atoms with Gasteiger partial charge in [-0.05, 0) is 104 Å². The van der Waals surface area contributed by atoms with E-state index in [1.807, 2.05) is 0 Å². The van der Waals surface area contributed by atoms with E-state index in [2.05, 4.69) is 26.8 Å². The van der Waals surface area contributed by atoms with E-state index in [1.165, 1.54) is 39.7 Å². The fourth-order valence-corrected chi connectivity index (χ4v) is 8.89. The molecule has 0 radical (unpaired) electrons. The van der Waals surface area contributed by atoms with Crippen molar-refractivity contribution in [1.29, 1.82) is 0 Å². The molecular formula is C28H44O5. The Kier molecular flexibility index (Phi) is 7.02. The number of rotatable bonds is 6. The Morgan fingerprint density at radius 3 is 2.61 bits per heavy atom. The van der Waals surface area contributed by atoms with Gasteiger partial charge in [-0.2, -0.15) is 0 Å². The van der Waals surface area contributed by atoms with Crippen LogP contribution in [0.4, 0.5) is 0 Å². The van der Waals surface area contributed by atoms with Crippen LogP contribution in [0.2, 0.25) is 0 Å². The zero-order chi connectivity index (χ0) is 24.0. The summed E-state index contributed by atoms with van der Waals surface area (Å²) in [5, 5.41) is 11.1. The van der Waals surface area contributed by atoms with Crippen LogP contribution in [0.5, 0.6) is 0 Å². The molecule has 0 unspecified atom stereocenters. The Hall–Kier alpha value is -1.36. The summed E-state index contributed by atoms with van der Waals surface area (Å²) in [6, 6.07) is 0. The summed E-state index contributed by atoms with van der Waals surface area (Å²) < 4.78 is 10.3. The van der Waals surface area contributed by atoms with E-state index in [-0.39, 0.29) is 17.4 Å². The first-order chi connectivity index (χ1) is 15.6. The maximum atomic E-state index is 11.5. The molecule has 1 N–H and O–H groups in total. The number of hydrogen-bond donors (Lipinski definition) is 1. The minimum atomic E-state index is -0.659. The van der Waals surface area contributed by atoms with Gasteiger partial charge in [0.25, 0.3) is 0 Å². The molecule has 9 atom stereocenters. The summed E-state index contributed by atoms with van der Waals surface area (Å²) in [5.74, 6) is 2.99. The van der Waals surface area contributed by atoms with Gasteiger partial charge < -0.3 is 14.6 Å². The van der Waals surface area contributed by atoms with E-state index in [4.69, 9.17) is 9.47 Å². The van der Waals surface area contributed by atoms with Crippen LogP contribution in [-0.4, -0.2) is 36.4 Å².